The second kappa shape index (κ2) is 6.83. The van der Waals surface area contributed by atoms with Crippen LogP contribution < -0.4 is 5.32 Å². The summed E-state index contributed by atoms with van der Waals surface area (Å²) < 4.78 is 4.44. The average Bonchev–Trinajstić information content (AvgIpc) is 2.31. The maximum Gasteiger partial charge on any atom is 0.307 e. The van der Waals surface area contributed by atoms with Crippen LogP contribution in [0.2, 0.25) is 0 Å². The number of esters is 1. The van der Waals surface area contributed by atoms with Gasteiger partial charge in [0.15, 0.2) is 0 Å². The molecule has 0 aromatic heterocycles. The quantitative estimate of drug-likeness (QED) is 0.685. The highest BCUT2D eigenvalue weighted by atomic mass is 16.5. The van der Waals surface area contributed by atoms with Crippen molar-refractivity contribution in [2.45, 2.75) is 33.1 Å². The summed E-state index contributed by atoms with van der Waals surface area (Å²) in [5.41, 5.74) is -0.976. The van der Waals surface area contributed by atoms with Crippen molar-refractivity contribution in [2.24, 2.45) is 5.41 Å². The lowest BCUT2D eigenvalue weighted by Crippen LogP contribution is -2.40. The molecule has 0 aliphatic carbocycles. The number of nitriles is 1. The number of hydrogen-bond donors (Lipinski definition) is 1. The van der Waals surface area contributed by atoms with Crippen LogP contribution in [0.4, 0.5) is 0 Å². The predicted molar refractivity (Wildman–Crippen MR) is 58.3 cm³/mol. The summed E-state index contributed by atoms with van der Waals surface area (Å²) in [5.74, 6) is -0.695. The summed E-state index contributed by atoms with van der Waals surface area (Å²) in [7, 11) is 1.29. The third kappa shape index (κ3) is 3.54. The topological polar surface area (TPSA) is 79.2 Å². The Hall–Kier alpha value is -1.57. The van der Waals surface area contributed by atoms with E-state index in [9.17, 15) is 9.59 Å². The minimum atomic E-state index is -0.976. The Balaban J connectivity index is 4.24. The van der Waals surface area contributed by atoms with Gasteiger partial charge in [0.25, 0.3) is 0 Å². The van der Waals surface area contributed by atoms with Crippen LogP contribution in [0.5, 0.6) is 0 Å². The van der Waals surface area contributed by atoms with Crippen molar-refractivity contribution >= 4 is 11.9 Å². The van der Waals surface area contributed by atoms with Gasteiger partial charge < -0.3 is 10.1 Å². The number of amides is 1. The summed E-state index contributed by atoms with van der Waals surface area (Å²) in [6.07, 6.45) is 1.05. The largest absolute Gasteiger partial charge is 0.469 e. The van der Waals surface area contributed by atoms with Crippen molar-refractivity contribution in [1.29, 1.82) is 5.26 Å². The molecule has 0 rings (SSSR count). The summed E-state index contributed by atoms with van der Waals surface area (Å²) >= 11 is 0. The SMILES string of the molecule is CCC(C#N)(CC)C(=O)NCCC(=O)OC. The standard InChI is InChI=1S/C11H18N2O3/c1-4-11(5-2,8-12)10(15)13-7-6-9(14)16-3/h4-7H2,1-3H3,(H,13,15). The lowest BCUT2D eigenvalue weighted by molar-refractivity contribution is -0.140. The Labute approximate surface area is 95.8 Å². The van der Waals surface area contributed by atoms with Gasteiger partial charge in [0.05, 0.1) is 19.6 Å². The van der Waals surface area contributed by atoms with Gasteiger partial charge in [0, 0.05) is 6.54 Å². The summed E-state index contributed by atoms with van der Waals surface area (Å²) in [6.45, 7) is 3.80. The van der Waals surface area contributed by atoms with Gasteiger partial charge in [0.1, 0.15) is 5.41 Å². The fraction of sp³-hybridized carbons (Fsp3) is 0.727. The number of hydrogen-bond acceptors (Lipinski definition) is 4. The molecule has 0 atom stereocenters. The molecule has 0 aliphatic rings. The Morgan fingerprint density at radius 2 is 1.94 bits per heavy atom. The molecule has 0 aromatic rings. The molecule has 1 amide bonds. The van der Waals surface area contributed by atoms with Gasteiger partial charge in [-0.15, -0.1) is 0 Å². The third-order valence-electron chi connectivity index (χ3n) is 2.70. The van der Waals surface area contributed by atoms with Crippen molar-refractivity contribution in [3.63, 3.8) is 0 Å². The van der Waals surface area contributed by atoms with Crippen molar-refractivity contribution in [3.05, 3.63) is 0 Å². The van der Waals surface area contributed by atoms with E-state index >= 15 is 0 Å². The molecule has 0 fully saturated rings. The first kappa shape index (κ1) is 14.4. The Morgan fingerprint density at radius 3 is 2.31 bits per heavy atom. The lowest BCUT2D eigenvalue weighted by Gasteiger charge is -2.21. The van der Waals surface area contributed by atoms with Crippen molar-refractivity contribution in [3.8, 4) is 6.07 Å². The van der Waals surface area contributed by atoms with Crippen LogP contribution in [0.1, 0.15) is 33.1 Å². The van der Waals surface area contributed by atoms with E-state index in [1.54, 1.807) is 13.8 Å². The van der Waals surface area contributed by atoms with Crippen LogP contribution in [0.15, 0.2) is 0 Å². The van der Waals surface area contributed by atoms with Gasteiger partial charge in [-0.1, -0.05) is 13.8 Å². The fourth-order valence-corrected chi connectivity index (χ4v) is 1.33. The van der Waals surface area contributed by atoms with E-state index in [0.29, 0.717) is 12.8 Å². The van der Waals surface area contributed by atoms with Gasteiger partial charge in [-0.2, -0.15) is 5.26 Å². The molecule has 1 N–H and O–H groups in total. The molecule has 0 radical (unpaired) electrons. The van der Waals surface area contributed by atoms with Crippen molar-refractivity contribution < 1.29 is 14.3 Å². The lowest BCUT2D eigenvalue weighted by atomic mass is 9.83. The Bertz CT molecular complexity index is 290. The molecule has 5 heteroatoms. The van der Waals surface area contributed by atoms with E-state index in [1.165, 1.54) is 7.11 Å². The fourth-order valence-electron chi connectivity index (χ4n) is 1.33. The first-order chi connectivity index (χ1) is 7.56. The van der Waals surface area contributed by atoms with E-state index in [2.05, 4.69) is 10.1 Å². The van der Waals surface area contributed by atoms with Crippen LogP contribution >= 0.6 is 0 Å². The van der Waals surface area contributed by atoms with Crippen molar-refractivity contribution in [2.75, 3.05) is 13.7 Å². The van der Waals surface area contributed by atoms with E-state index in [-0.39, 0.29) is 24.8 Å². The second-order valence-electron chi connectivity index (χ2n) is 3.48. The summed E-state index contributed by atoms with van der Waals surface area (Å²) in [6, 6.07) is 2.04. The van der Waals surface area contributed by atoms with Crippen LogP contribution in [0, 0.1) is 16.7 Å². The molecule has 0 aromatic carbocycles. The molecule has 0 saturated carbocycles. The number of carbonyl (C=O) groups excluding carboxylic acids is 2. The molecule has 16 heavy (non-hydrogen) atoms. The summed E-state index contributed by atoms with van der Waals surface area (Å²) in [5, 5.41) is 11.6. The molecular formula is C11H18N2O3. The highest BCUT2D eigenvalue weighted by molar-refractivity contribution is 5.85. The van der Waals surface area contributed by atoms with E-state index < -0.39 is 5.41 Å². The first-order valence-electron chi connectivity index (χ1n) is 5.32. The van der Waals surface area contributed by atoms with Gasteiger partial charge in [-0.3, -0.25) is 9.59 Å². The first-order valence-corrected chi connectivity index (χ1v) is 5.32. The van der Waals surface area contributed by atoms with Gasteiger partial charge in [-0.05, 0) is 12.8 Å². The Kier molecular flexibility index (Phi) is 6.16. The monoisotopic (exact) mass is 226 g/mol. The maximum absolute atomic E-state index is 11.7. The van der Waals surface area contributed by atoms with Gasteiger partial charge in [0.2, 0.25) is 5.91 Å². The van der Waals surface area contributed by atoms with Crippen LogP contribution in [0.25, 0.3) is 0 Å². The second-order valence-corrected chi connectivity index (χ2v) is 3.48. The molecule has 0 saturated heterocycles. The third-order valence-corrected chi connectivity index (χ3v) is 2.70. The molecule has 5 nitrogen and oxygen atoms in total. The number of ether oxygens (including phenoxy) is 1. The summed E-state index contributed by atoms with van der Waals surface area (Å²) in [4.78, 5) is 22.6. The normalized spacial score (nSPS) is 10.4. The molecule has 0 heterocycles. The van der Waals surface area contributed by atoms with E-state index in [4.69, 9.17) is 5.26 Å². The number of nitrogens with one attached hydrogen (secondary N) is 1. The molecular weight excluding hydrogens is 208 g/mol. The van der Waals surface area contributed by atoms with Crippen molar-refractivity contribution in [1.82, 2.24) is 5.32 Å². The van der Waals surface area contributed by atoms with Crippen LogP contribution in [0.3, 0.4) is 0 Å². The minimum Gasteiger partial charge on any atom is -0.469 e. The number of rotatable bonds is 6. The predicted octanol–water partition coefficient (Wildman–Crippen LogP) is 0.996. The number of nitrogens with zero attached hydrogens (tertiary/aromatic N) is 1. The van der Waals surface area contributed by atoms with E-state index in [1.807, 2.05) is 6.07 Å². The van der Waals surface area contributed by atoms with Gasteiger partial charge >= 0.3 is 5.97 Å². The molecule has 0 aliphatic heterocycles. The molecule has 0 bridgehead atoms. The van der Waals surface area contributed by atoms with Gasteiger partial charge in [-0.25, -0.2) is 0 Å². The minimum absolute atomic E-state index is 0.122. The number of carbonyl (C=O) groups is 2. The molecule has 0 unspecified atom stereocenters. The van der Waals surface area contributed by atoms with Crippen LogP contribution in [-0.4, -0.2) is 25.5 Å². The van der Waals surface area contributed by atoms with Crippen LogP contribution in [-0.2, 0) is 14.3 Å². The highest BCUT2D eigenvalue weighted by Crippen LogP contribution is 2.25. The zero-order valence-corrected chi connectivity index (χ0v) is 10.0. The average molecular weight is 226 g/mol. The maximum atomic E-state index is 11.7. The number of methoxy groups -OCH3 is 1. The highest BCUT2D eigenvalue weighted by Gasteiger charge is 2.34. The smallest absolute Gasteiger partial charge is 0.307 e. The zero-order chi connectivity index (χ0) is 12.6. The Morgan fingerprint density at radius 1 is 1.38 bits per heavy atom. The van der Waals surface area contributed by atoms with E-state index in [0.717, 1.165) is 0 Å². The zero-order valence-electron chi connectivity index (χ0n) is 10.0. The molecule has 90 valence electrons. The molecule has 0 spiro atoms.